The highest BCUT2D eigenvalue weighted by Gasteiger charge is 2.07. The number of hydrogen-bond donors (Lipinski definition) is 2. The van der Waals surface area contributed by atoms with Crippen LogP contribution >= 0.6 is 0 Å². The fraction of sp³-hybridized carbons (Fsp3) is 0. The van der Waals surface area contributed by atoms with Gasteiger partial charge in [0.1, 0.15) is 5.56 Å². The summed E-state index contributed by atoms with van der Waals surface area (Å²) in [7, 11) is 0. The number of aromatic nitrogens is 2. The predicted octanol–water partition coefficient (Wildman–Crippen LogP) is -0.120. The first-order valence-electron chi connectivity index (χ1n) is 2.45. The van der Waals surface area contributed by atoms with Crippen molar-refractivity contribution in [2.45, 2.75) is 0 Å². The van der Waals surface area contributed by atoms with Crippen LogP contribution in [0, 0.1) is 0 Å². The van der Waals surface area contributed by atoms with Gasteiger partial charge in [-0.05, 0) is 0 Å². The van der Waals surface area contributed by atoms with Gasteiger partial charge in [0.25, 0.3) is 0 Å². The van der Waals surface area contributed by atoms with E-state index < -0.39 is 5.97 Å². The van der Waals surface area contributed by atoms with E-state index in [9.17, 15) is 4.79 Å². The minimum Gasteiger partial charge on any atom is -0.505 e. The van der Waals surface area contributed by atoms with Crippen LogP contribution in [-0.4, -0.2) is 26.4 Å². The van der Waals surface area contributed by atoms with Crippen molar-refractivity contribution in [3.05, 3.63) is 18.0 Å². The van der Waals surface area contributed by atoms with Gasteiger partial charge in [0.2, 0.25) is 0 Å². The molecule has 0 fully saturated rings. The maximum Gasteiger partial charge on any atom is 0.341 e. The molecule has 0 radical (unpaired) electrons. The molecule has 1 heterocycles. The minimum absolute atomic E-state index is 0.241. The monoisotopic (exact) mass is 140 g/mol. The molecule has 0 saturated heterocycles. The second-order valence-electron chi connectivity index (χ2n) is 1.59. The number of aromatic hydroxyl groups is 1. The lowest BCUT2D eigenvalue weighted by Gasteiger charge is -1.93. The van der Waals surface area contributed by atoms with Gasteiger partial charge in [0.05, 0.1) is 12.4 Å². The number of carboxylic acids is 1. The van der Waals surface area contributed by atoms with Crippen molar-refractivity contribution in [1.82, 2.24) is 10.2 Å². The van der Waals surface area contributed by atoms with Crippen LogP contribution < -0.4 is 0 Å². The normalized spacial score (nSPS) is 9.20. The number of hydrogen-bond acceptors (Lipinski definition) is 4. The molecule has 5 nitrogen and oxygen atoms in total. The van der Waals surface area contributed by atoms with Gasteiger partial charge >= 0.3 is 5.97 Å². The van der Waals surface area contributed by atoms with Crippen LogP contribution in [-0.2, 0) is 0 Å². The highest BCUT2D eigenvalue weighted by atomic mass is 16.4. The highest BCUT2D eigenvalue weighted by Crippen LogP contribution is 2.11. The van der Waals surface area contributed by atoms with E-state index in [0.717, 1.165) is 12.4 Å². The fourth-order valence-corrected chi connectivity index (χ4v) is 0.480. The summed E-state index contributed by atoms with van der Waals surface area (Å²) in [5.74, 6) is -1.59. The molecule has 1 aromatic rings. The van der Waals surface area contributed by atoms with Crippen molar-refractivity contribution >= 4 is 5.97 Å². The lowest BCUT2D eigenvalue weighted by molar-refractivity contribution is 0.0693. The Kier molecular flexibility index (Phi) is 1.49. The zero-order chi connectivity index (χ0) is 7.56. The van der Waals surface area contributed by atoms with Crippen LogP contribution in [0.25, 0.3) is 0 Å². The van der Waals surface area contributed by atoms with E-state index in [1.54, 1.807) is 0 Å². The Labute approximate surface area is 56.0 Å². The van der Waals surface area contributed by atoms with Gasteiger partial charge in [-0.2, -0.15) is 10.2 Å². The maximum atomic E-state index is 10.2. The van der Waals surface area contributed by atoms with Crippen LogP contribution in [0.3, 0.4) is 0 Å². The average Bonchev–Trinajstić information content (AvgIpc) is 1.88. The summed E-state index contributed by atoms with van der Waals surface area (Å²) in [4.78, 5) is 10.2. The summed E-state index contributed by atoms with van der Waals surface area (Å²) in [5.41, 5.74) is -0.241. The first-order valence-corrected chi connectivity index (χ1v) is 2.45. The van der Waals surface area contributed by atoms with Crippen molar-refractivity contribution in [2.75, 3.05) is 0 Å². The fourth-order valence-electron chi connectivity index (χ4n) is 0.480. The number of carbonyl (C=O) groups is 1. The molecule has 0 aliphatic heterocycles. The smallest absolute Gasteiger partial charge is 0.341 e. The largest absolute Gasteiger partial charge is 0.505 e. The van der Waals surface area contributed by atoms with E-state index in [2.05, 4.69) is 10.2 Å². The lowest BCUT2D eigenvalue weighted by atomic mass is 10.3. The molecule has 0 aromatic carbocycles. The third kappa shape index (κ3) is 1.02. The first-order chi connectivity index (χ1) is 4.72. The predicted molar refractivity (Wildman–Crippen MR) is 30.7 cm³/mol. The molecule has 0 aliphatic rings. The Bertz CT molecular complexity index is 261. The minimum atomic E-state index is -1.22. The molecule has 0 spiro atoms. The quantitative estimate of drug-likeness (QED) is 0.568. The van der Waals surface area contributed by atoms with Crippen LogP contribution in [0.5, 0.6) is 5.75 Å². The molecule has 1 rings (SSSR count). The standard InChI is InChI=1S/C5H4N2O3/c8-4-2-7-6-1-3(4)5(9)10/h1-2H,(H,6,8)(H,9,10). The summed E-state index contributed by atoms with van der Waals surface area (Å²) in [5, 5.41) is 23.7. The molecule has 10 heavy (non-hydrogen) atoms. The third-order valence-electron chi connectivity index (χ3n) is 0.940. The summed E-state index contributed by atoms with van der Waals surface area (Å²) in [6, 6.07) is 0. The summed E-state index contributed by atoms with van der Waals surface area (Å²) >= 11 is 0. The van der Waals surface area contributed by atoms with Crippen molar-refractivity contribution in [3.8, 4) is 5.75 Å². The van der Waals surface area contributed by atoms with Crippen molar-refractivity contribution < 1.29 is 15.0 Å². The zero-order valence-corrected chi connectivity index (χ0v) is 4.85. The lowest BCUT2D eigenvalue weighted by Crippen LogP contribution is -1.97. The molecular weight excluding hydrogens is 136 g/mol. The van der Waals surface area contributed by atoms with Gasteiger partial charge in [-0.3, -0.25) is 0 Å². The van der Waals surface area contributed by atoms with Crippen molar-refractivity contribution in [2.24, 2.45) is 0 Å². The Hall–Kier alpha value is -1.65. The Morgan fingerprint density at radius 2 is 2.00 bits per heavy atom. The molecule has 0 aliphatic carbocycles. The van der Waals surface area contributed by atoms with E-state index in [4.69, 9.17) is 10.2 Å². The van der Waals surface area contributed by atoms with E-state index in [1.807, 2.05) is 0 Å². The van der Waals surface area contributed by atoms with Gasteiger partial charge < -0.3 is 10.2 Å². The molecule has 0 bridgehead atoms. The zero-order valence-electron chi connectivity index (χ0n) is 4.85. The Balaban J connectivity index is 3.15. The summed E-state index contributed by atoms with van der Waals surface area (Å²) in [6.07, 6.45) is 1.96. The summed E-state index contributed by atoms with van der Waals surface area (Å²) < 4.78 is 0. The van der Waals surface area contributed by atoms with Crippen LogP contribution in [0.4, 0.5) is 0 Å². The first kappa shape index (κ1) is 6.47. The highest BCUT2D eigenvalue weighted by molar-refractivity contribution is 5.89. The molecule has 0 atom stereocenters. The SMILES string of the molecule is O=C(O)c1cnncc1O. The Morgan fingerprint density at radius 3 is 2.40 bits per heavy atom. The van der Waals surface area contributed by atoms with Crippen LogP contribution in [0.1, 0.15) is 10.4 Å². The van der Waals surface area contributed by atoms with Gasteiger partial charge in [-0.25, -0.2) is 4.79 Å². The van der Waals surface area contributed by atoms with E-state index in [1.165, 1.54) is 0 Å². The molecule has 0 saturated carbocycles. The molecule has 2 N–H and O–H groups in total. The number of nitrogens with zero attached hydrogens (tertiary/aromatic N) is 2. The van der Waals surface area contributed by atoms with E-state index >= 15 is 0 Å². The van der Waals surface area contributed by atoms with Gasteiger partial charge in [0.15, 0.2) is 5.75 Å². The van der Waals surface area contributed by atoms with E-state index in [-0.39, 0.29) is 11.3 Å². The molecule has 0 unspecified atom stereocenters. The van der Waals surface area contributed by atoms with Gasteiger partial charge in [-0.15, -0.1) is 0 Å². The third-order valence-corrected chi connectivity index (χ3v) is 0.940. The van der Waals surface area contributed by atoms with Crippen LogP contribution in [0.15, 0.2) is 12.4 Å². The average molecular weight is 140 g/mol. The van der Waals surface area contributed by atoms with Crippen molar-refractivity contribution in [1.29, 1.82) is 0 Å². The summed E-state index contributed by atoms with van der Waals surface area (Å²) in [6.45, 7) is 0. The van der Waals surface area contributed by atoms with Gasteiger partial charge in [-0.1, -0.05) is 0 Å². The number of aromatic carboxylic acids is 1. The number of rotatable bonds is 1. The van der Waals surface area contributed by atoms with E-state index in [0.29, 0.717) is 0 Å². The van der Waals surface area contributed by atoms with Gasteiger partial charge in [0, 0.05) is 0 Å². The molecule has 5 heteroatoms. The second kappa shape index (κ2) is 2.30. The second-order valence-corrected chi connectivity index (χ2v) is 1.59. The Morgan fingerprint density at radius 1 is 1.40 bits per heavy atom. The maximum absolute atomic E-state index is 10.2. The molecular formula is C5H4N2O3. The molecule has 0 amide bonds. The van der Waals surface area contributed by atoms with Crippen molar-refractivity contribution in [3.63, 3.8) is 0 Å². The molecule has 52 valence electrons. The topological polar surface area (TPSA) is 83.3 Å². The molecule has 1 aromatic heterocycles. The van der Waals surface area contributed by atoms with Crippen LogP contribution in [0.2, 0.25) is 0 Å². The number of carboxylic acid groups (broad SMARTS) is 1.